The summed E-state index contributed by atoms with van der Waals surface area (Å²) in [5.74, 6) is 1.70. The first-order valence-corrected chi connectivity index (χ1v) is 10.3. The average Bonchev–Trinajstić information content (AvgIpc) is 3.00. The summed E-state index contributed by atoms with van der Waals surface area (Å²) in [6.45, 7) is 0.315. The summed E-state index contributed by atoms with van der Waals surface area (Å²) in [5, 5.41) is -0.691. The highest BCUT2D eigenvalue weighted by Crippen LogP contribution is 2.22. The molecule has 0 fully saturated rings. The predicted octanol–water partition coefficient (Wildman–Crippen LogP) is 1.94. The lowest BCUT2D eigenvalue weighted by atomic mass is 10.1. The van der Waals surface area contributed by atoms with Crippen molar-refractivity contribution in [3.8, 4) is 11.5 Å². The van der Waals surface area contributed by atoms with Crippen LogP contribution in [0.2, 0.25) is 0 Å². The van der Waals surface area contributed by atoms with Crippen molar-refractivity contribution in [3.05, 3.63) is 53.9 Å². The second kappa shape index (κ2) is 8.43. The largest absolute Gasteiger partial charge is 0.497 e. The number of hydrogen-bond acceptors (Lipinski definition) is 5. The fourth-order valence-electron chi connectivity index (χ4n) is 2.94. The highest BCUT2D eigenvalue weighted by Gasteiger charge is 2.20. The lowest BCUT2D eigenvalue weighted by Crippen LogP contribution is -2.33. The van der Waals surface area contributed by atoms with Crippen molar-refractivity contribution in [2.24, 2.45) is 12.8 Å². The van der Waals surface area contributed by atoms with Crippen LogP contribution in [0, 0.1) is 0 Å². The minimum atomic E-state index is -1.31. The van der Waals surface area contributed by atoms with E-state index in [0.29, 0.717) is 18.8 Å². The van der Waals surface area contributed by atoms with Crippen molar-refractivity contribution in [1.29, 1.82) is 0 Å². The highest BCUT2D eigenvalue weighted by atomic mass is 32.2. The molecule has 2 atom stereocenters. The number of imidazole rings is 1. The summed E-state index contributed by atoms with van der Waals surface area (Å²) in [6.07, 6.45) is 1.82. The topological polar surface area (TPSA) is 96.4 Å². The van der Waals surface area contributed by atoms with Crippen LogP contribution in [-0.4, -0.2) is 38.3 Å². The monoisotopic (exact) mass is 401 g/mol. The molecule has 0 spiro atoms. The van der Waals surface area contributed by atoms with E-state index in [9.17, 15) is 9.00 Å². The molecule has 8 heteroatoms. The number of hydrogen-bond donors (Lipinski definition) is 1. The van der Waals surface area contributed by atoms with Crippen LogP contribution in [0.5, 0.6) is 11.5 Å². The summed E-state index contributed by atoms with van der Waals surface area (Å²) in [6, 6.07) is 13.1. The minimum absolute atomic E-state index is 0.315. The summed E-state index contributed by atoms with van der Waals surface area (Å²) >= 11 is 0. The number of amides is 1. The van der Waals surface area contributed by atoms with E-state index in [2.05, 4.69) is 4.98 Å². The molecule has 2 aromatic carbocycles. The van der Waals surface area contributed by atoms with E-state index in [4.69, 9.17) is 15.2 Å². The van der Waals surface area contributed by atoms with Gasteiger partial charge in [-0.05, 0) is 36.2 Å². The van der Waals surface area contributed by atoms with E-state index in [-0.39, 0.29) is 0 Å². The van der Waals surface area contributed by atoms with Gasteiger partial charge in [-0.15, -0.1) is 0 Å². The standard InChI is InChI=1S/C20H23N3O4S/c1-23-17-11-15(26-2)8-9-16(17)22-19(23)12-27-14-6-4-13(5-7-14)10-18(20(21)24)28(3)25/h4-9,11,18H,10,12H2,1-3H3,(H2,21,24). The molecule has 0 bridgehead atoms. The Kier molecular flexibility index (Phi) is 5.99. The van der Waals surface area contributed by atoms with Gasteiger partial charge in [0.2, 0.25) is 5.91 Å². The Bertz CT molecular complexity index is 1000. The van der Waals surface area contributed by atoms with Crippen LogP contribution in [0.4, 0.5) is 0 Å². The summed E-state index contributed by atoms with van der Waals surface area (Å²) in [4.78, 5) is 16.0. The van der Waals surface area contributed by atoms with E-state index < -0.39 is 22.0 Å². The van der Waals surface area contributed by atoms with Crippen molar-refractivity contribution >= 4 is 27.7 Å². The van der Waals surface area contributed by atoms with Gasteiger partial charge in [0.05, 0.1) is 18.1 Å². The van der Waals surface area contributed by atoms with E-state index in [1.54, 1.807) is 7.11 Å². The van der Waals surface area contributed by atoms with Gasteiger partial charge in [-0.1, -0.05) is 12.1 Å². The highest BCUT2D eigenvalue weighted by molar-refractivity contribution is 7.85. The molecule has 0 aliphatic carbocycles. The fraction of sp³-hybridized carbons (Fsp3) is 0.300. The zero-order valence-electron chi connectivity index (χ0n) is 16.0. The number of ether oxygens (including phenoxy) is 2. The molecule has 1 aromatic heterocycles. The Labute approximate surface area is 165 Å². The smallest absolute Gasteiger partial charge is 0.233 e. The van der Waals surface area contributed by atoms with Gasteiger partial charge >= 0.3 is 0 Å². The lowest BCUT2D eigenvalue weighted by molar-refractivity contribution is -0.117. The third-order valence-electron chi connectivity index (χ3n) is 4.61. The summed E-state index contributed by atoms with van der Waals surface area (Å²) in [5.41, 5.74) is 8.04. The van der Waals surface area contributed by atoms with Gasteiger partial charge in [-0.3, -0.25) is 9.00 Å². The van der Waals surface area contributed by atoms with Crippen LogP contribution in [-0.2, 0) is 35.7 Å². The molecule has 3 aromatic rings. The number of primary amides is 1. The number of benzene rings is 2. The first-order valence-electron chi connectivity index (χ1n) is 8.71. The molecule has 1 amide bonds. The van der Waals surface area contributed by atoms with Gasteiger partial charge in [0, 0.05) is 30.2 Å². The first-order chi connectivity index (χ1) is 13.4. The molecule has 2 N–H and O–H groups in total. The molecule has 1 heterocycles. The molecule has 3 rings (SSSR count). The number of carbonyl (C=O) groups excluding carboxylic acids is 1. The first kappa shape index (κ1) is 19.9. The van der Waals surface area contributed by atoms with Crippen LogP contribution in [0.25, 0.3) is 11.0 Å². The predicted molar refractivity (Wildman–Crippen MR) is 109 cm³/mol. The number of aromatic nitrogens is 2. The Balaban J connectivity index is 1.68. The Hall–Kier alpha value is -2.87. The molecular formula is C20H23N3O4S. The average molecular weight is 401 g/mol. The number of rotatable bonds is 8. The van der Waals surface area contributed by atoms with Crippen LogP contribution in [0.15, 0.2) is 42.5 Å². The Morgan fingerprint density at radius 1 is 1.21 bits per heavy atom. The van der Waals surface area contributed by atoms with Crippen molar-refractivity contribution in [1.82, 2.24) is 9.55 Å². The molecule has 7 nitrogen and oxygen atoms in total. The van der Waals surface area contributed by atoms with Gasteiger partial charge in [0.15, 0.2) is 0 Å². The van der Waals surface area contributed by atoms with Crippen molar-refractivity contribution in [2.45, 2.75) is 18.3 Å². The van der Waals surface area contributed by atoms with Gasteiger partial charge in [-0.2, -0.15) is 0 Å². The number of aryl methyl sites for hydroxylation is 1. The van der Waals surface area contributed by atoms with Crippen LogP contribution < -0.4 is 15.2 Å². The van der Waals surface area contributed by atoms with Crippen LogP contribution in [0.1, 0.15) is 11.4 Å². The summed E-state index contributed by atoms with van der Waals surface area (Å²) < 4.78 is 24.7. The molecule has 2 unspecified atom stereocenters. The molecule has 28 heavy (non-hydrogen) atoms. The van der Waals surface area contributed by atoms with E-state index in [1.165, 1.54) is 6.26 Å². The molecule has 0 saturated heterocycles. The molecule has 0 saturated carbocycles. The van der Waals surface area contributed by atoms with Crippen molar-refractivity contribution in [3.63, 3.8) is 0 Å². The molecule has 0 aliphatic heterocycles. The van der Waals surface area contributed by atoms with E-state index in [1.807, 2.05) is 54.1 Å². The second-order valence-electron chi connectivity index (χ2n) is 6.47. The number of methoxy groups -OCH3 is 1. The maximum Gasteiger partial charge on any atom is 0.233 e. The zero-order chi connectivity index (χ0) is 20.3. The van der Waals surface area contributed by atoms with Crippen LogP contribution >= 0.6 is 0 Å². The number of nitrogens with zero attached hydrogens (tertiary/aromatic N) is 2. The van der Waals surface area contributed by atoms with Crippen molar-refractivity contribution < 1.29 is 18.5 Å². The number of nitrogens with two attached hydrogens (primary N) is 1. The third-order valence-corrected chi connectivity index (χ3v) is 5.81. The molecule has 0 radical (unpaired) electrons. The van der Waals surface area contributed by atoms with E-state index in [0.717, 1.165) is 28.2 Å². The fourth-order valence-corrected chi connectivity index (χ4v) is 3.70. The minimum Gasteiger partial charge on any atom is -0.497 e. The molecule has 148 valence electrons. The van der Waals surface area contributed by atoms with Gasteiger partial charge in [0.1, 0.15) is 29.2 Å². The third kappa shape index (κ3) is 4.33. The Morgan fingerprint density at radius 2 is 1.89 bits per heavy atom. The lowest BCUT2D eigenvalue weighted by Gasteiger charge is -2.11. The van der Waals surface area contributed by atoms with Gasteiger partial charge < -0.3 is 19.8 Å². The summed E-state index contributed by atoms with van der Waals surface area (Å²) in [7, 11) is 2.26. The normalized spacial score (nSPS) is 13.2. The van der Waals surface area contributed by atoms with Crippen molar-refractivity contribution in [2.75, 3.05) is 13.4 Å². The van der Waals surface area contributed by atoms with Crippen LogP contribution in [0.3, 0.4) is 0 Å². The maximum atomic E-state index is 11.6. The SMILES string of the molecule is COc1ccc2nc(COc3ccc(CC(C(N)=O)S(C)=O)cc3)n(C)c2c1. The maximum absolute atomic E-state index is 11.6. The number of fused-ring (bicyclic) bond motifs is 1. The van der Waals surface area contributed by atoms with E-state index >= 15 is 0 Å². The second-order valence-corrected chi connectivity index (χ2v) is 8.03. The van der Waals surface area contributed by atoms with Gasteiger partial charge in [-0.25, -0.2) is 4.98 Å². The quantitative estimate of drug-likeness (QED) is 0.622. The molecular weight excluding hydrogens is 378 g/mol. The van der Waals surface area contributed by atoms with Gasteiger partial charge in [0.25, 0.3) is 0 Å². The zero-order valence-corrected chi connectivity index (χ0v) is 16.9. The number of carbonyl (C=O) groups is 1. The Morgan fingerprint density at radius 3 is 2.50 bits per heavy atom. The molecule has 0 aliphatic rings.